The van der Waals surface area contributed by atoms with Crippen molar-refractivity contribution in [2.24, 2.45) is 0 Å². The number of hydrogen-bond donors (Lipinski definition) is 1. The molecule has 1 aliphatic carbocycles. The number of nitrogens with one attached hydrogen (secondary N) is 1. The number of unbranched alkanes of at least 4 members (excludes halogenated alkanes) is 3. The molecular weight excluding hydrogens is 262 g/mol. The molecule has 0 aromatic heterocycles. The number of hydrogen-bond acceptors (Lipinski definition) is 3. The quantitative estimate of drug-likeness (QED) is 0.492. The second kappa shape index (κ2) is 8.73. The van der Waals surface area contributed by atoms with Gasteiger partial charge in [0, 0.05) is 24.2 Å². The normalized spacial score (nSPS) is 14.0. The van der Waals surface area contributed by atoms with Crippen LogP contribution in [0.2, 0.25) is 0 Å². The molecule has 0 spiro atoms. The Kier molecular flexibility index (Phi) is 6.61. The van der Waals surface area contributed by atoms with Crippen molar-refractivity contribution in [3.05, 3.63) is 36.4 Å². The summed E-state index contributed by atoms with van der Waals surface area (Å²) >= 11 is 0. The van der Waals surface area contributed by atoms with Crippen LogP contribution in [0.3, 0.4) is 0 Å². The first-order valence-corrected chi connectivity index (χ1v) is 7.97. The highest BCUT2D eigenvalue weighted by Gasteiger charge is 2.20. The lowest BCUT2D eigenvalue weighted by Gasteiger charge is -2.13. The maximum atomic E-state index is 5.97. The van der Waals surface area contributed by atoms with E-state index in [0.717, 1.165) is 37.5 Å². The molecule has 0 aliphatic heterocycles. The Hall–Kier alpha value is -1.48. The van der Waals surface area contributed by atoms with Crippen molar-refractivity contribution in [3.8, 4) is 11.5 Å². The Morgan fingerprint density at radius 3 is 2.86 bits per heavy atom. The Bertz CT molecular complexity index is 441. The largest absolute Gasteiger partial charge is 0.497 e. The van der Waals surface area contributed by atoms with Crippen LogP contribution in [0.15, 0.2) is 30.9 Å². The summed E-state index contributed by atoms with van der Waals surface area (Å²) in [6.07, 6.45) is 9.14. The maximum Gasteiger partial charge on any atom is 0.127 e. The van der Waals surface area contributed by atoms with Gasteiger partial charge in [-0.1, -0.05) is 12.1 Å². The zero-order valence-electron chi connectivity index (χ0n) is 13.1. The Balaban J connectivity index is 1.82. The fourth-order valence-electron chi connectivity index (χ4n) is 2.23. The molecule has 1 fully saturated rings. The van der Waals surface area contributed by atoms with Gasteiger partial charge in [0.25, 0.3) is 0 Å². The van der Waals surface area contributed by atoms with Crippen molar-refractivity contribution in [3.63, 3.8) is 0 Å². The lowest BCUT2D eigenvalue weighted by molar-refractivity contribution is 0.299. The van der Waals surface area contributed by atoms with Gasteiger partial charge in [-0.2, -0.15) is 0 Å². The first-order chi connectivity index (χ1) is 10.3. The lowest BCUT2D eigenvalue weighted by atomic mass is 10.1. The van der Waals surface area contributed by atoms with Crippen molar-refractivity contribution in [1.82, 2.24) is 5.32 Å². The number of ether oxygens (including phenoxy) is 2. The minimum atomic E-state index is 0.707. The topological polar surface area (TPSA) is 30.5 Å². The maximum absolute atomic E-state index is 5.97. The molecule has 0 saturated heterocycles. The van der Waals surface area contributed by atoms with Crippen LogP contribution in [-0.2, 0) is 6.54 Å². The summed E-state index contributed by atoms with van der Waals surface area (Å²) < 4.78 is 11.3. The predicted molar refractivity (Wildman–Crippen MR) is 87.0 cm³/mol. The molecule has 1 N–H and O–H groups in total. The Labute approximate surface area is 128 Å². The summed E-state index contributed by atoms with van der Waals surface area (Å²) in [7, 11) is 1.69. The van der Waals surface area contributed by atoms with E-state index in [1.165, 1.54) is 31.2 Å². The fraction of sp³-hybridized carbons (Fsp3) is 0.556. The van der Waals surface area contributed by atoms with Gasteiger partial charge in [0.15, 0.2) is 0 Å². The predicted octanol–water partition coefficient (Wildman–Crippen LogP) is 4.07. The highest BCUT2D eigenvalue weighted by molar-refractivity contribution is 5.40. The summed E-state index contributed by atoms with van der Waals surface area (Å²) in [5.41, 5.74) is 1.22. The first-order valence-electron chi connectivity index (χ1n) is 7.97. The molecule has 0 unspecified atom stereocenters. The van der Waals surface area contributed by atoms with Crippen LogP contribution in [0, 0.1) is 0 Å². The fourth-order valence-corrected chi connectivity index (χ4v) is 2.23. The van der Waals surface area contributed by atoms with Crippen LogP contribution in [0.4, 0.5) is 0 Å². The van der Waals surface area contributed by atoms with E-state index in [9.17, 15) is 0 Å². The van der Waals surface area contributed by atoms with Gasteiger partial charge < -0.3 is 14.8 Å². The molecule has 3 nitrogen and oxygen atoms in total. The molecule has 0 amide bonds. The third kappa shape index (κ3) is 5.80. The van der Waals surface area contributed by atoms with Crippen LogP contribution in [0.25, 0.3) is 0 Å². The van der Waals surface area contributed by atoms with Crippen LogP contribution in [-0.4, -0.2) is 19.8 Å². The molecule has 2 rings (SSSR count). The van der Waals surface area contributed by atoms with Crippen LogP contribution < -0.4 is 14.8 Å². The van der Waals surface area contributed by atoms with Crippen molar-refractivity contribution in [1.29, 1.82) is 0 Å². The van der Waals surface area contributed by atoms with Gasteiger partial charge in [-0.05, 0) is 44.6 Å². The molecule has 21 heavy (non-hydrogen) atoms. The van der Waals surface area contributed by atoms with Gasteiger partial charge in [0.1, 0.15) is 11.5 Å². The van der Waals surface area contributed by atoms with E-state index < -0.39 is 0 Å². The van der Waals surface area contributed by atoms with E-state index >= 15 is 0 Å². The Morgan fingerprint density at radius 1 is 1.29 bits per heavy atom. The molecule has 116 valence electrons. The van der Waals surface area contributed by atoms with E-state index in [1.54, 1.807) is 7.11 Å². The smallest absolute Gasteiger partial charge is 0.127 e. The van der Waals surface area contributed by atoms with Gasteiger partial charge in [0.2, 0.25) is 0 Å². The molecule has 1 aromatic rings. The summed E-state index contributed by atoms with van der Waals surface area (Å²) in [5.74, 6) is 1.80. The SMILES string of the molecule is C=CCCCCCOc1cc(OC)ccc1CNC1CC1. The monoisotopic (exact) mass is 289 g/mol. The molecule has 0 radical (unpaired) electrons. The molecule has 3 heteroatoms. The average molecular weight is 289 g/mol. The molecule has 1 saturated carbocycles. The number of methoxy groups -OCH3 is 1. The highest BCUT2D eigenvalue weighted by Crippen LogP contribution is 2.27. The van der Waals surface area contributed by atoms with Crippen molar-refractivity contribution >= 4 is 0 Å². The van der Waals surface area contributed by atoms with E-state index in [1.807, 2.05) is 18.2 Å². The first kappa shape index (κ1) is 15.9. The number of benzene rings is 1. The Morgan fingerprint density at radius 2 is 2.14 bits per heavy atom. The second-order valence-electron chi connectivity index (χ2n) is 5.62. The molecule has 0 atom stereocenters. The van der Waals surface area contributed by atoms with Gasteiger partial charge in [-0.3, -0.25) is 0 Å². The lowest BCUT2D eigenvalue weighted by Crippen LogP contribution is -2.16. The van der Waals surface area contributed by atoms with E-state index in [0.29, 0.717) is 6.04 Å². The van der Waals surface area contributed by atoms with Gasteiger partial charge in [-0.25, -0.2) is 0 Å². The number of rotatable bonds is 11. The van der Waals surface area contributed by atoms with Gasteiger partial charge in [-0.15, -0.1) is 6.58 Å². The zero-order valence-corrected chi connectivity index (χ0v) is 13.1. The second-order valence-corrected chi connectivity index (χ2v) is 5.62. The van der Waals surface area contributed by atoms with E-state index in [2.05, 4.69) is 18.0 Å². The standard InChI is InChI=1S/C18H27NO2/c1-3-4-5-6-7-12-21-18-13-17(20-2)11-8-15(18)14-19-16-9-10-16/h3,8,11,13,16,19H,1,4-7,9-10,12,14H2,2H3. The summed E-state index contributed by atoms with van der Waals surface area (Å²) in [4.78, 5) is 0. The third-order valence-corrected chi connectivity index (χ3v) is 3.74. The van der Waals surface area contributed by atoms with Crippen LogP contribution >= 0.6 is 0 Å². The van der Waals surface area contributed by atoms with E-state index in [4.69, 9.17) is 9.47 Å². The summed E-state index contributed by atoms with van der Waals surface area (Å²) in [6.45, 7) is 5.38. The average Bonchev–Trinajstić information content (AvgIpc) is 3.33. The molecule has 1 aromatic carbocycles. The highest BCUT2D eigenvalue weighted by atomic mass is 16.5. The van der Waals surface area contributed by atoms with Crippen LogP contribution in [0.1, 0.15) is 44.1 Å². The van der Waals surface area contributed by atoms with Crippen LogP contribution in [0.5, 0.6) is 11.5 Å². The molecule has 1 aliphatic rings. The summed E-state index contributed by atoms with van der Waals surface area (Å²) in [6, 6.07) is 6.80. The molecule has 0 heterocycles. The number of allylic oxidation sites excluding steroid dienone is 1. The molecular formula is C18H27NO2. The third-order valence-electron chi connectivity index (χ3n) is 3.74. The zero-order chi connectivity index (χ0) is 14.9. The van der Waals surface area contributed by atoms with E-state index in [-0.39, 0.29) is 0 Å². The summed E-state index contributed by atoms with van der Waals surface area (Å²) in [5, 5.41) is 3.54. The van der Waals surface area contributed by atoms with Crippen molar-refractivity contribution in [2.75, 3.05) is 13.7 Å². The van der Waals surface area contributed by atoms with Gasteiger partial charge in [0.05, 0.1) is 13.7 Å². The van der Waals surface area contributed by atoms with Crippen molar-refractivity contribution in [2.45, 2.75) is 51.1 Å². The minimum absolute atomic E-state index is 0.707. The minimum Gasteiger partial charge on any atom is -0.497 e. The van der Waals surface area contributed by atoms with Crippen molar-refractivity contribution < 1.29 is 9.47 Å². The van der Waals surface area contributed by atoms with Gasteiger partial charge >= 0.3 is 0 Å². The molecule has 0 bridgehead atoms.